The Labute approximate surface area is 83.3 Å². The fourth-order valence-electron chi connectivity index (χ4n) is 1.41. The lowest BCUT2D eigenvalue weighted by Gasteiger charge is -2.13. The molecule has 14 heavy (non-hydrogen) atoms. The second-order valence-corrected chi connectivity index (χ2v) is 3.12. The summed E-state index contributed by atoms with van der Waals surface area (Å²) in [7, 11) is 1.54. The molecule has 0 amide bonds. The highest BCUT2D eigenvalue weighted by atomic mass is 16.5. The minimum atomic E-state index is -0.212. The van der Waals surface area contributed by atoms with Crippen LogP contribution in [-0.2, 0) is 11.4 Å². The van der Waals surface area contributed by atoms with Crippen LogP contribution in [-0.4, -0.2) is 18.5 Å². The number of ether oxygens (including phenoxy) is 1. The van der Waals surface area contributed by atoms with Crippen LogP contribution in [0.15, 0.2) is 18.2 Å². The number of aliphatic hydroxyl groups excluding tert-OH is 1. The first-order valence-electron chi connectivity index (χ1n) is 4.46. The molecular weight excluding hydrogens is 180 g/mol. The third-order valence-corrected chi connectivity index (χ3v) is 2.20. The van der Waals surface area contributed by atoms with Gasteiger partial charge >= 0.3 is 0 Å². The Bertz CT molecular complexity index is 320. The van der Waals surface area contributed by atoms with E-state index in [0.29, 0.717) is 11.3 Å². The number of hydrogen-bond donors (Lipinski definition) is 1. The summed E-state index contributed by atoms with van der Waals surface area (Å²) < 4.78 is 5.17. The molecule has 3 heteroatoms. The van der Waals surface area contributed by atoms with Crippen molar-refractivity contribution in [2.45, 2.75) is 19.4 Å². The Morgan fingerprint density at radius 1 is 1.57 bits per heavy atom. The molecule has 1 unspecified atom stereocenters. The molecule has 0 aliphatic carbocycles. The molecule has 0 aliphatic heterocycles. The maximum Gasteiger partial charge on any atom is 0.128 e. The van der Waals surface area contributed by atoms with E-state index in [9.17, 15) is 4.79 Å². The largest absolute Gasteiger partial charge is 0.496 e. The van der Waals surface area contributed by atoms with Gasteiger partial charge in [-0.15, -0.1) is 0 Å². The van der Waals surface area contributed by atoms with E-state index in [-0.39, 0.29) is 12.5 Å². The molecule has 0 saturated heterocycles. The number of benzene rings is 1. The Balaban J connectivity index is 3.21. The van der Waals surface area contributed by atoms with E-state index >= 15 is 0 Å². The van der Waals surface area contributed by atoms with Crippen molar-refractivity contribution in [2.75, 3.05) is 7.11 Å². The van der Waals surface area contributed by atoms with Gasteiger partial charge in [0.1, 0.15) is 12.0 Å². The predicted octanol–water partition coefficient (Wildman–Crippen LogP) is 1.49. The quantitative estimate of drug-likeness (QED) is 0.739. The molecular formula is C11H14O3. The number of aldehydes is 1. The molecule has 0 spiro atoms. The highest BCUT2D eigenvalue weighted by molar-refractivity contribution is 5.64. The van der Waals surface area contributed by atoms with E-state index in [4.69, 9.17) is 9.84 Å². The lowest BCUT2D eigenvalue weighted by atomic mass is 9.99. The molecule has 76 valence electrons. The van der Waals surface area contributed by atoms with Crippen LogP contribution < -0.4 is 4.74 Å². The number of aliphatic hydroxyl groups is 1. The van der Waals surface area contributed by atoms with Crippen molar-refractivity contribution in [3.05, 3.63) is 29.3 Å². The van der Waals surface area contributed by atoms with Crippen molar-refractivity contribution in [3.8, 4) is 5.75 Å². The molecule has 0 saturated carbocycles. The van der Waals surface area contributed by atoms with Gasteiger partial charge in [0.25, 0.3) is 0 Å². The number of carbonyl (C=O) groups is 1. The minimum absolute atomic E-state index is 0.0808. The van der Waals surface area contributed by atoms with Gasteiger partial charge in [-0.1, -0.05) is 25.1 Å². The topological polar surface area (TPSA) is 46.5 Å². The van der Waals surface area contributed by atoms with Crippen LogP contribution in [0.5, 0.6) is 5.75 Å². The highest BCUT2D eigenvalue weighted by Gasteiger charge is 2.13. The molecule has 0 heterocycles. The molecule has 0 aromatic heterocycles. The van der Waals surface area contributed by atoms with Gasteiger partial charge in [-0.3, -0.25) is 0 Å². The monoisotopic (exact) mass is 194 g/mol. The lowest BCUT2D eigenvalue weighted by Crippen LogP contribution is -2.01. The van der Waals surface area contributed by atoms with Crippen molar-refractivity contribution < 1.29 is 14.6 Å². The summed E-state index contributed by atoms with van der Waals surface area (Å²) in [5.74, 6) is 0.394. The summed E-state index contributed by atoms with van der Waals surface area (Å²) >= 11 is 0. The van der Waals surface area contributed by atoms with Gasteiger partial charge < -0.3 is 14.6 Å². The summed E-state index contributed by atoms with van der Waals surface area (Å²) in [6.45, 7) is 1.72. The van der Waals surface area contributed by atoms with Crippen LogP contribution in [0.25, 0.3) is 0 Å². The molecule has 0 aliphatic rings. The molecule has 0 radical (unpaired) electrons. The first kappa shape index (κ1) is 10.7. The molecule has 1 N–H and O–H groups in total. The van der Waals surface area contributed by atoms with Crippen LogP contribution in [0.2, 0.25) is 0 Å². The Morgan fingerprint density at radius 2 is 2.29 bits per heavy atom. The van der Waals surface area contributed by atoms with E-state index < -0.39 is 0 Å². The fraction of sp³-hybridized carbons (Fsp3) is 0.364. The zero-order valence-corrected chi connectivity index (χ0v) is 8.36. The minimum Gasteiger partial charge on any atom is -0.496 e. The Hall–Kier alpha value is -1.35. The first-order valence-corrected chi connectivity index (χ1v) is 4.46. The Morgan fingerprint density at radius 3 is 2.79 bits per heavy atom. The van der Waals surface area contributed by atoms with Gasteiger partial charge in [-0.25, -0.2) is 0 Å². The molecule has 0 fully saturated rings. The molecule has 1 aromatic carbocycles. The second-order valence-electron chi connectivity index (χ2n) is 3.12. The summed E-state index contributed by atoms with van der Waals surface area (Å²) in [5.41, 5.74) is 1.52. The van der Waals surface area contributed by atoms with Crippen molar-refractivity contribution >= 4 is 6.29 Å². The normalized spacial score (nSPS) is 12.2. The van der Waals surface area contributed by atoms with Crippen molar-refractivity contribution in [2.24, 2.45) is 0 Å². The third-order valence-electron chi connectivity index (χ3n) is 2.20. The highest BCUT2D eigenvalue weighted by Crippen LogP contribution is 2.29. The first-order chi connectivity index (χ1) is 6.74. The smallest absolute Gasteiger partial charge is 0.128 e. The number of carbonyl (C=O) groups excluding carboxylic acids is 1. The SMILES string of the molecule is COc1c(CO)cccc1C(C)C=O. The van der Waals surface area contributed by atoms with Gasteiger partial charge in [-0.2, -0.15) is 0 Å². The maximum absolute atomic E-state index is 10.7. The standard InChI is InChI=1S/C11H14O3/c1-8(6-12)10-5-3-4-9(7-13)11(10)14-2/h3-6,8,13H,7H2,1-2H3. The van der Waals surface area contributed by atoms with E-state index in [0.717, 1.165) is 11.8 Å². The summed E-state index contributed by atoms with van der Waals surface area (Å²) in [5, 5.41) is 9.06. The number of methoxy groups -OCH3 is 1. The fourth-order valence-corrected chi connectivity index (χ4v) is 1.41. The molecule has 1 atom stereocenters. The van der Waals surface area contributed by atoms with E-state index in [2.05, 4.69) is 0 Å². The lowest BCUT2D eigenvalue weighted by molar-refractivity contribution is -0.108. The van der Waals surface area contributed by atoms with Gasteiger partial charge in [0.05, 0.1) is 13.7 Å². The number of hydrogen-bond acceptors (Lipinski definition) is 3. The van der Waals surface area contributed by atoms with E-state index in [1.54, 1.807) is 13.0 Å². The Kier molecular flexibility index (Phi) is 3.65. The average molecular weight is 194 g/mol. The van der Waals surface area contributed by atoms with Crippen LogP contribution in [0, 0.1) is 0 Å². The number of rotatable bonds is 4. The van der Waals surface area contributed by atoms with Crippen molar-refractivity contribution in [1.29, 1.82) is 0 Å². The third kappa shape index (κ3) is 1.93. The summed E-state index contributed by atoms with van der Waals surface area (Å²) in [6, 6.07) is 5.42. The van der Waals surface area contributed by atoms with E-state index in [1.165, 1.54) is 7.11 Å². The van der Waals surface area contributed by atoms with Crippen molar-refractivity contribution in [3.63, 3.8) is 0 Å². The zero-order chi connectivity index (χ0) is 10.6. The molecule has 3 nitrogen and oxygen atoms in total. The van der Waals surface area contributed by atoms with Crippen molar-refractivity contribution in [1.82, 2.24) is 0 Å². The van der Waals surface area contributed by atoms with Crippen LogP contribution in [0.1, 0.15) is 24.0 Å². The van der Waals surface area contributed by atoms with Crippen LogP contribution in [0.3, 0.4) is 0 Å². The summed E-state index contributed by atoms with van der Waals surface area (Å²) in [4.78, 5) is 10.7. The molecule has 0 bridgehead atoms. The zero-order valence-electron chi connectivity index (χ0n) is 8.36. The van der Waals surface area contributed by atoms with Gasteiger partial charge in [-0.05, 0) is 0 Å². The van der Waals surface area contributed by atoms with E-state index in [1.807, 2.05) is 12.1 Å². The molecule has 1 aromatic rings. The van der Waals surface area contributed by atoms with Crippen LogP contribution in [0.4, 0.5) is 0 Å². The second kappa shape index (κ2) is 4.77. The van der Waals surface area contributed by atoms with Gasteiger partial charge in [0.2, 0.25) is 0 Å². The van der Waals surface area contributed by atoms with Gasteiger partial charge in [0, 0.05) is 17.0 Å². The average Bonchev–Trinajstić information content (AvgIpc) is 2.26. The molecule has 1 rings (SSSR count). The van der Waals surface area contributed by atoms with Crippen LogP contribution >= 0.6 is 0 Å². The number of para-hydroxylation sites is 1. The maximum atomic E-state index is 10.7. The summed E-state index contributed by atoms with van der Waals surface area (Å²) in [6.07, 6.45) is 0.860. The predicted molar refractivity (Wildman–Crippen MR) is 53.4 cm³/mol. The van der Waals surface area contributed by atoms with Gasteiger partial charge in [0.15, 0.2) is 0 Å².